The van der Waals surface area contributed by atoms with Crippen LogP contribution in [0.2, 0.25) is 0 Å². The summed E-state index contributed by atoms with van der Waals surface area (Å²) >= 11 is 0. The molecule has 1 saturated heterocycles. The lowest BCUT2D eigenvalue weighted by molar-refractivity contribution is -0.126. The normalized spacial score (nSPS) is 18.1. The van der Waals surface area contributed by atoms with Crippen LogP contribution in [0.1, 0.15) is 19.4 Å². The minimum atomic E-state index is -0.459. The highest BCUT2D eigenvalue weighted by Crippen LogP contribution is 2.14. The van der Waals surface area contributed by atoms with Crippen LogP contribution in [0.15, 0.2) is 18.3 Å². The highest BCUT2D eigenvalue weighted by molar-refractivity contribution is 5.87. The van der Waals surface area contributed by atoms with E-state index in [1.54, 1.807) is 19.2 Å². The number of ether oxygens (including phenoxy) is 1. The third-order valence-corrected chi connectivity index (χ3v) is 3.32. The summed E-state index contributed by atoms with van der Waals surface area (Å²) in [6, 6.07) is 2.92. The second kappa shape index (κ2) is 6.92. The van der Waals surface area contributed by atoms with Gasteiger partial charge in [-0.2, -0.15) is 0 Å². The van der Waals surface area contributed by atoms with E-state index in [1.807, 2.05) is 13.0 Å². The van der Waals surface area contributed by atoms with Gasteiger partial charge in [0.1, 0.15) is 6.04 Å². The van der Waals surface area contributed by atoms with Gasteiger partial charge in [0, 0.05) is 31.4 Å². The Hall–Kier alpha value is -2.31. The smallest absolute Gasteiger partial charge is 0.318 e. The molecule has 1 fully saturated rings. The first kappa shape index (κ1) is 15.1. The van der Waals surface area contributed by atoms with Crippen LogP contribution in [0.3, 0.4) is 0 Å². The van der Waals surface area contributed by atoms with Crippen LogP contribution in [0, 0.1) is 0 Å². The van der Waals surface area contributed by atoms with Crippen LogP contribution in [-0.4, -0.2) is 47.6 Å². The number of pyridine rings is 1. The van der Waals surface area contributed by atoms with Crippen molar-refractivity contribution in [2.45, 2.75) is 26.4 Å². The van der Waals surface area contributed by atoms with E-state index >= 15 is 0 Å². The number of urea groups is 1. The molecule has 2 heterocycles. The van der Waals surface area contributed by atoms with Gasteiger partial charge in [-0.15, -0.1) is 0 Å². The van der Waals surface area contributed by atoms with Crippen molar-refractivity contribution in [1.29, 1.82) is 0 Å². The molecule has 7 heteroatoms. The molecule has 1 aromatic rings. The molecule has 114 valence electrons. The third kappa shape index (κ3) is 3.62. The zero-order valence-electron chi connectivity index (χ0n) is 12.3. The minimum Gasteiger partial charge on any atom is -0.478 e. The van der Waals surface area contributed by atoms with Gasteiger partial charge >= 0.3 is 6.03 Å². The molecule has 1 aromatic heterocycles. The average Bonchev–Trinajstić information content (AvgIpc) is 2.49. The molecule has 1 atom stereocenters. The van der Waals surface area contributed by atoms with Crippen molar-refractivity contribution in [1.82, 2.24) is 20.5 Å². The van der Waals surface area contributed by atoms with E-state index < -0.39 is 6.04 Å². The summed E-state index contributed by atoms with van der Waals surface area (Å²) in [4.78, 5) is 29.4. The summed E-state index contributed by atoms with van der Waals surface area (Å²) in [5.41, 5.74) is 0.807. The summed E-state index contributed by atoms with van der Waals surface area (Å²) < 4.78 is 5.41. The van der Waals surface area contributed by atoms with E-state index in [1.165, 1.54) is 4.90 Å². The SMILES string of the molecule is CCOc1ncccc1CNC(=O)N1CCNC(=O)C1C. The zero-order valence-corrected chi connectivity index (χ0v) is 12.3. The maximum atomic E-state index is 12.2. The van der Waals surface area contributed by atoms with Gasteiger partial charge in [-0.05, 0) is 19.9 Å². The Bertz CT molecular complexity index is 521. The predicted molar refractivity (Wildman–Crippen MR) is 76.8 cm³/mol. The van der Waals surface area contributed by atoms with Crippen molar-refractivity contribution < 1.29 is 14.3 Å². The van der Waals surface area contributed by atoms with Gasteiger partial charge < -0.3 is 20.3 Å². The number of nitrogens with zero attached hydrogens (tertiary/aromatic N) is 2. The van der Waals surface area contributed by atoms with E-state index in [0.29, 0.717) is 32.1 Å². The van der Waals surface area contributed by atoms with Crippen LogP contribution in [0.25, 0.3) is 0 Å². The van der Waals surface area contributed by atoms with E-state index in [4.69, 9.17) is 4.74 Å². The lowest BCUT2D eigenvalue weighted by Crippen LogP contribution is -2.58. The number of hydrogen-bond acceptors (Lipinski definition) is 4. The van der Waals surface area contributed by atoms with Gasteiger partial charge in [-0.1, -0.05) is 6.07 Å². The van der Waals surface area contributed by atoms with Gasteiger partial charge in [0.05, 0.1) is 6.61 Å². The first-order valence-corrected chi connectivity index (χ1v) is 7.02. The van der Waals surface area contributed by atoms with Crippen molar-refractivity contribution in [2.75, 3.05) is 19.7 Å². The van der Waals surface area contributed by atoms with Gasteiger partial charge in [-0.25, -0.2) is 9.78 Å². The topological polar surface area (TPSA) is 83.6 Å². The molecule has 0 aromatic carbocycles. The molecule has 2 rings (SSSR count). The Balaban J connectivity index is 1.96. The van der Waals surface area contributed by atoms with Crippen LogP contribution < -0.4 is 15.4 Å². The van der Waals surface area contributed by atoms with Crippen molar-refractivity contribution in [2.24, 2.45) is 0 Å². The number of hydrogen-bond donors (Lipinski definition) is 2. The van der Waals surface area contributed by atoms with Crippen molar-refractivity contribution >= 4 is 11.9 Å². The number of rotatable bonds is 4. The molecule has 0 radical (unpaired) electrons. The van der Waals surface area contributed by atoms with E-state index in [0.717, 1.165) is 5.56 Å². The number of nitrogens with one attached hydrogen (secondary N) is 2. The zero-order chi connectivity index (χ0) is 15.2. The lowest BCUT2D eigenvalue weighted by Gasteiger charge is -2.32. The number of aromatic nitrogens is 1. The van der Waals surface area contributed by atoms with Gasteiger partial charge in [-0.3, -0.25) is 4.79 Å². The molecule has 0 saturated carbocycles. The first-order chi connectivity index (χ1) is 10.1. The molecule has 1 unspecified atom stereocenters. The fourth-order valence-electron chi connectivity index (χ4n) is 2.16. The van der Waals surface area contributed by atoms with Crippen LogP contribution in [0.5, 0.6) is 5.88 Å². The van der Waals surface area contributed by atoms with Crippen LogP contribution in [-0.2, 0) is 11.3 Å². The molecule has 7 nitrogen and oxygen atoms in total. The lowest BCUT2D eigenvalue weighted by atomic mass is 10.2. The third-order valence-electron chi connectivity index (χ3n) is 3.32. The van der Waals surface area contributed by atoms with Crippen LogP contribution >= 0.6 is 0 Å². The number of carbonyl (C=O) groups is 2. The molecule has 0 spiro atoms. The largest absolute Gasteiger partial charge is 0.478 e. The van der Waals surface area contributed by atoms with E-state index in [9.17, 15) is 9.59 Å². The second-order valence-electron chi connectivity index (χ2n) is 4.72. The summed E-state index contributed by atoms with van der Waals surface area (Å²) in [5.74, 6) is 0.387. The standard InChI is InChI=1S/C14H20N4O3/c1-3-21-13-11(5-4-6-16-13)9-17-14(20)18-8-7-15-12(19)10(18)2/h4-6,10H,3,7-9H2,1-2H3,(H,15,19)(H,17,20). The minimum absolute atomic E-state index is 0.132. The maximum Gasteiger partial charge on any atom is 0.318 e. The van der Waals surface area contributed by atoms with E-state index in [2.05, 4.69) is 15.6 Å². The number of carbonyl (C=O) groups excluding carboxylic acids is 2. The van der Waals surface area contributed by atoms with Crippen molar-refractivity contribution in [3.8, 4) is 5.88 Å². The summed E-state index contributed by atoms with van der Waals surface area (Å²) in [6.45, 7) is 5.40. The molecular weight excluding hydrogens is 272 g/mol. The fraction of sp³-hybridized carbons (Fsp3) is 0.500. The second-order valence-corrected chi connectivity index (χ2v) is 4.72. The van der Waals surface area contributed by atoms with E-state index in [-0.39, 0.29) is 11.9 Å². The van der Waals surface area contributed by atoms with Gasteiger partial charge in [0.25, 0.3) is 0 Å². The van der Waals surface area contributed by atoms with Gasteiger partial charge in [0.15, 0.2) is 0 Å². The van der Waals surface area contributed by atoms with Crippen molar-refractivity contribution in [3.63, 3.8) is 0 Å². The van der Waals surface area contributed by atoms with Crippen molar-refractivity contribution in [3.05, 3.63) is 23.9 Å². The molecule has 1 aliphatic heterocycles. The first-order valence-electron chi connectivity index (χ1n) is 7.02. The quantitative estimate of drug-likeness (QED) is 0.847. The Labute approximate surface area is 123 Å². The molecule has 3 amide bonds. The summed E-state index contributed by atoms with van der Waals surface area (Å²) in [7, 11) is 0. The van der Waals surface area contributed by atoms with Gasteiger partial charge in [0.2, 0.25) is 11.8 Å². The highest BCUT2D eigenvalue weighted by Gasteiger charge is 2.29. The molecule has 0 bridgehead atoms. The predicted octanol–water partition coefficient (Wildman–Crippen LogP) is 0.510. The summed E-state index contributed by atoms with van der Waals surface area (Å²) in [5, 5.41) is 5.53. The summed E-state index contributed by atoms with van der Waals surface area (Å²) in [6.07, 6.45) is 1.65. The Kier molecular flexibility index (Phi) is 4.97. The highest BCUT2D eigenvalue weighted by atomic mass is 16.5. The fourth-order valence-corrected chi connectivity index (χ4v) is 2.16. The van der Waals surface area contributed by atoms with Crippen LogP contribution in [0.4, 0.5) is 4.79 Å². The molecule has 21 heavy (non-hydrogen) atoms. The molecule has 1 aliphatic rings. The molecular formula is C14H20N4O3. The Morgan fingerprint density at radius 3 is 3.19 bits per heavy atom. The molecule has 0 aliphatic carbocycles. The molecule has 2 N–H and O–H groups in total. The number of amides is 3. The number of piperazine rings is 1. The Morgan fingerprint density at radius 2 is 2.43 bits per heavy atom. The monoisotopic (exact) mass is 292 g/mol. The maximum absolute atomic E-state index is 12.2. The Morgan fingerprint density at radius 1 is 1.62 bits per heavy atom. The average molecular weight is 292 g/mol.